The second-order valence-electron chi connectivity index (χ2n) is 4.55. The van der Waals surface area contributed by atoms with Gasteiger partial charge in [0.15, 0.2) is 15.1 Å². The molecule has 0 aromatic rings. The van der Waals surface area contributed by atoms with Crippen molar-refractivity contribution in [2.75, 3.05) is 6.54 Å². The molecule has 0 heterocycles. The molecule has 3 atom stereocenters. The Morgan fingerprint density at radius 3 is 2.56 bits per heavy atom. The lowest BCUT2D eigenvalue weighted by Crippen LogP contribution is -2.43. The minimum atomic E-state index is -3.63. The summed E-state index contributed by atoms with van der Waals surface area (Å²) in [6.07, 6.45) is 3.00. The Labute approximate surface area is 95.9 Å². The molecule has 1 saturated carbocycles. The zero-order chi connectivity index (χ0) is 12.3. The Morgan fingerprint density at radius 2 is 2.12 bits per heavy atom. The van der Waals surface area contributed by atoms with Crippen LogP contribution in [0.1, 0.15) is 32.6 Å². The average molecular weight is 249 g/mol. The van der Waals surface area contributed by atoms with Crippen molar-refractivity contribution in [3.8, 4) is 0 Å². The summed E-state index contributed by atoms with van der Waals surface area (Å²) < 4.78 is 24.1. The Morgan fingerprint density at radius 1 is 1.50 bits per heavy atom. The van der Waals surface area contributed by atoms with E-state index in [1.165, 1.54) is 0 Å². The minimum absolute atomic E-state index is 0.345. The van der Waals surface area contributed by atoms with Gasteiger partial charge in [-0.25, -0.2) is 8.42 Å². The van der Waals surface area contributed by atoms with E-state index in [2.05, 4.69) is 0 Å². The molecule has 94 valence electrons. The first-order chi connectivity index (χ1) is 7.39. The van der Waals surface area contributed by atoms with Gasteiger partial charge in [0, 0.05) is 6.54 Å². The van der Waals surface area contributed by atoms with Crippen molar-refractivity contribution in [2.24, 2.45) is 11.7 Å². The van der Waals surface area contributed by atoms with E-state index < -0.39 is 26.3 Å². The van der Waals surface area contributed by atoms with Crippen molar-refractivity contribution in [3.63, 3.8) is 0 Å². The molecule has 0 radical (unpaired) electrons. The lowest BCUT2D eigenvalue weighted by Gasteiger charge is -2.28. The summed E-state index contributed by atoms with van der Waals surface area (Å²) in [7, 11) is -3.63. The first kappa shape index (κ1) is 13.4. The zero-order valence-corrected chi connectivity index (χ0v) is 10.2. The maximum absolute atomic E-state index is 12.0. The third-order valence-corrected chi connectivity index (χ3v) is 5.78. The molecule has 0 aromatic carbocycles. The number of hydrogen-bond donors (Lipinski definition) is 2. The molecule has 16 heavy (non-hydrogen) atoms. The molecular weight excluding hydrogens is 230 g/mol. The van der Waals surface area contributed by atoms with Gasteiger partial charge in [0.2, 0.25) is 0 Å². The van der Waals surface area contributed by atoms with Crippen LogP contribution in [0.25, 0.3) is 0 Å². The molecule has 0 amide bonds. The van der Waals surface area contributed by atoms with Crippen LogP contribution in [-0.2, 0) is 14.6 Å². The molecular formula is C10H19NO4S. The standard InChI is InChI=1S/C10H19NO4S/c1-7-3-2-4-8(5-7)16(14,15)9(6-11)10(12)13/h7-9H,2-6,11H2,1H3,(H,12,13). The Kier molecular flexibility index (Phi) is 4.32. The fourth-order valence-corrected chi connectivity index (χ4v) is 4.39. The van der Waals surface area contributed by atoms with Crippen LogP contribution in [0.5, 0.6) is 0 Å². The van der Waals surface area contributed by atoms with Gasteiger partial charge in [-0.1, -0.05) is 19.8 Å². The summed E-state index contributed by atoms with van der Waals surface area (Å²) in [6.45, 7) is 1.66. The van der Waals surface area contributed by atoms with Crippen molar-refractivity contribution in [3.05, 3.63) is 0 Å². The molecule has 0 aliphatic heterocycles. The summed E-state index contributed by atoms with van der Waals surface area (Å²) in [5.41, 5.74) is 5.24. The molecule has 1 aliphatic rings. The van der Waals surface area contributed by atoms with Crippen LogP contribution in [-0.4, -0.2) is 36.5 Å². The monoisotopic (exact) mass is 249 g/mol. The molecule has 3 N–H and O–H groups in total. The van der Waals surface area contributed by atoms with Gasteiger partial charge < -0.3 is 10.8 Å². The number of rotatable bonds is 4. The van der Waals surface area contributed by atoms with E-state index in [0.29, 0.717) is 18.8 Å². The van der Waals surface area contributed by atoms with Gasteiger partial charge in [-0.2, -0.15) is 0 Å². The van der Waals surface area contributed by atoms with Gasteiger partial charge in [0.1, 0.15) is 0 Å². The summed E-state index contributed by atoms with van der Waals surface area (Å²) in [5, 5.41) is 6.88. The second kappa shape index (κ2) is 5.14. The third kappa shape index (κ3) is 2.74. The van der Waals surface area contributed by atoms with Crippen molar-refractivity contribution < 1.29 is 18.3 Å². The topological polar surface area (TPSA) is 97.5 Å². The van der Waals surface area contributed by atoms with Crippen molar-refractivity contribution >= 4 is 15.8 Å². The fraction of sp³-hybridized carbons (Fsp3) is 0.900. The number of carboxylic acid groups (broad SMARTS) is 1. The van der Waals surface area contributed by atoms with Crippen LogP contribution in [0.2, 0.25) is 0 Å². The first-order valence-electron chi connectivity index (χ1n) is 5.55. The summed E-state index contributed by atoms with van der Waals surface area (Å²) in [6, 6.07) is 0. The minimum Gasteiger partial charge on any atom is -0.480 e. The lowest BCUT2D eigenvalue weighted by molar-refractivity contribution is -0.136. The summed E-state index contributed by atoms with van der Waals surface area (Å²) in [5.74, 6) is -0.985. The highest BCUT2D eigenvalue weighted by Gasteiger charge is 2.39. The SMILES string of the molecule is CC1CCCC(S(=O)(=O)C(CN)C(=O)O)C1. The quantitative estimate of drug-likeness (QED) is 0.751. The highest BCUT2D eigenvalue weighted by Crippen LogP contribution is 2.30. The molecule has 0 spiro atoms. The van der Waals surface area contributed by atoms with Gasteiger partial charge in [-0.05, 0) is 18.8 Å². The van der Waals surface area contributed by atoms with Crippen molar-refractivity contribution in [1.29, 1.82) is 0 Å². The van der Waals surface area contributed by atoms with Crippen molar-refractivity contribution in [1.82, 2.24) is 0 Å². The van der Waals surface area contributed by atoms with E-state index in [1.807, 2.05) is 6.92 Å². The molecule has 0 saturated heterocycles. The molecule has 0 aromatic heterocycles. The molecule has 0 bridgehead atoms. The molecule has 1 aliphatic carbocycles. The highest BCUT2D eigenvalue weighted by atomic mass is 32.2. The van der Waals surface area contributed by atoms with Crippen LogP contribution >= 0.6 is 0 Å². The molecule has 6 heteroatoms. The van der Waals surface area contributed by atoms with Crippen LogP contribution in [0.15, 0.2) is 0 Å². The van der Waals surface area contributed by atoms with Gasteiger partial charge in [0.25, 0.3) is 0 Å². The average Bonchev–Trinajstić information content (AvgIpc) is 2.17. The van der Waals surface area contributed by atoms with Crippen molar-refractivity contribution in [2.45, 2.75) is 43.1 Å². The van der Waals surface area contributed by atoms with E-state index in [9.17, 15) is 13.2 Å². The van der Waals surface area contributed by atoms with Gasteiger partial charge in [0.05, 0.1) is 5.25 Å². The van der Waals surface area contributed by atoms with E-state index >= 15 is 0 Å². The van der Waals surface area contributed by atoms with Crippen LogP contribution in [0.3, 0.4) is 0 Å². The smallest absolute Gasteiger partial charge is 0.323 e. The second-order valence-corrected chi connectivity index (χ2v) is 6.96. The maximum Gasteiger partial charge on any atom is 0.323 e. The number of carboxylic acids is 1. The highest BCUT2D eigenvalue weighted by molar-refractivity contribution is 7.93. The Bertz CT molecular complexity index is 352. The third-order valence-electron chi connectivity index (χ3n) is 3.24. The van der Waals surface area contributed by atoms with E-state index in [-0.39, 0.29) is 6.54 Å². The molecule has 5 nitrogen and oxygen atoms in total. The number of carbonyl (C=O) groups is 1. The van der Waals surface area contributed by atoms with E-state index in [4.69, 9.17) is 10.8 Å². The zero-order valence-electron chi connectivity index (χ0n) is 9.43. The predicted molar refractivity (Wildman–Crippen MR) is 60.8 cm³/mol. The number of nitrogens with two attached hydrogens (primary N) is 1. The summed E-state index contributed by atoms with van der Waals surface area (Å²) >= 11 is 0. The lowest BCUT2D eigenvalue weighted by atomic mass is 9.91. The number of hydrogen-bond acceptors (Lipinski definition) is 4. The Balaban J connectivity index is 2.87. The molecule has 3 unspecified atom stereocenters. The van der Waals surface area contributed by atoms with Gasteiger partial charge >= 0.3 is 5.97 Å². The molecule has 1 rings (SSSR count). The predicted octanol–water partition coefficient (Wildman–Crippen LogP) is 0.392. The fourth-order valence-electron chi connectivity index (χ4n) is 2.28. The number of aliphatic carboxylic acids is 1. The van der Waals surface area contributed by atoms with Gasteiger partial charge in [-0.3, -0.25) is 4.79 Å². The van der Waals surface area contributed by atoms with E-state index in [0.717, 1.165) is 12.8 Å². The van der Waals surface area contributed by atoms with Crippen LogP contribution < -0.4 is 5.73 Å². The maximum atomic E-state index is 12.0. The first-order valence-corrected chi connectivity index (χ1v) is 7.16. The Hall–Kier alpha value is -0.620. The molecule has 1 fully saturated rings. The summed E-state index contributed by atoms with van der Waals surface area (Å²) in [4.78, 5) is 10.8. The van der Waals surface area contributed by atoms with Gasteiger partial charge in [-0.15, -0.1) is 0 Å². The number of sulfone groups is 1. The van der Waals surface area contributed by atoms with Crippen LogP contribution in [0, 0.1) is 5.92 Å². The normalized spacial score (nSPS) is 28.6. The largest absolute Gasteiger partial charge is 0.480 e. The van der Waals surface area contributed by atoms with E-state index in [1.54, 1.807) is 0 Å². The van der Waals surface area contributed by atoms with Crippen LogP contribution in [0.4, 0.5) is 0 Å².